The summed E-state index contributed by atoms with van der Waals surface area (Å²) in [4.78, 5) is 13.4. The largest absolute Gasteiger partial charge is 0.444 e. The average molecular weight is 229 g/mol. The number of rotatable bonds is 1. The van der Waals surface area contributed by atoms with Crippen LogP contribution in [0.3, 0.4) is 0 Å². The lowest BCUT2D eigenvalue weighted by Crippen LogP contribution is -2.41. The lowest BCUT2D eigenvalue weighted by molar-refractivity contribution is 0.0166. The fourth-order valence-electron chi connectivity index (χ4n) is 1.74. The molecule has 0 spiro atoms. The molecule has 1 heterocycles. The van der Waals surface area contributed by atoms with Gasteiger partial charge in [0, 0.05) is 7.05 Å². The molecule has 1 aliphatic rings. The van der Waals surface area contributed by atoms with Crippen molar-refractivity contribution < 1.29 is 14.3 Å². The molecule has 1 amide bonds. The Labute approximate surface area is 97.9 Å². The van der Waals surface area contributed by atoms with Crippen LogP contribution in [-0.2, 0) is 9.47 Å². The van der Waals surface area contributed by atoms with Gasteiger partial charge in [0.15, 0.2) is 0 Å². The predicted octanol–water partition coefficient (Wildman–Crippen LogP) is 2.42. The first-order valence-electron chi connectivity index (χ1n) is 5.70. The van der Waals surface area contributed by atoms with Crippen molar-refractivity contribution in [3.63, 3.8) is 0 Å². The summed E-state index contributed by atoms with van der Waals surface area (Å²) in [5.41, 5.74) is -0.582. The van der Waals surface area contributed by atoms with E-state index in [2.05, 4.69) is 0 Å². The SMILES string of the molecule is CN(C(=O)OC(C)(C)C)C1COC(C)(C)C1. The molecule has 1 rings (SSSR count). The molecule has 1 saturated heterocycles. The average Bonchev–Trinajstić information content (AvgIpc) is 2.41. The van der Waals surface area contributed by atoms with Gasteiger partial charge in [0.1, 0.15) is 5.60 Å². The topological polar surface area (TPSA) is 38.8 Å². The monoisotopic (exact) mass is 229 g/mol. The number of ether oxygens (including phenoxy) is 2. The van der Waals surface area contributed by atoms with E-state index in [1.54, 1.807) is 11.9 Å². The zero-order chi connectivity index (χ0) is 12.6. The lowest BCUT2D eigenvalue weighted by atomic mass is 10.0. The van der Waals surface area contributed by atoms with E-state index in [4.69, 9.17) is 9.47 Å². The van der Waals surface area contributed by atoms with Crippen LogP contribution in [0, 0.1) is 0 Å². The molecule has 4 heteroatoms. The molecule has 4 nitrogen and oxygen atoms in total. The maximum absolute atomic E-state index is 11.8. The number of amides is 1. The second kappa shape index (κ2) is 4.24. The van der Waals surface area contributed by atoms with Crippen LogP contribution >= 0.6 is 0 Å². The minimum absolute atomic E-state index is 0.116. The van der Waals surface area contributed by atoms with Gasteiger partial charge in [-0.25, -0.2) is 4.79 Å². The summed E-state index contributed by atoms with van der Waals surface area (Å²) in [7, 11) is 1.77. The van der Waals surface area contributed by atoms with Gasteiger partial charge in [-0.15, -0.1) is 0 Å². The van der Waals surface area contributed by atoms with E-state index in [1.807, 2.05) is 34.6 Å². The third-order valence-electron chi connectivity index (χ3n) is 2.62. The molecule has 0 aromatic rings. The molecule has 1 fully saturated rings. The Morgan fingerprint density at radius 3 is 2.38 bits per heavy atom. The van der Waals surface area contributed by atoms with Crippen molar-refractivity contribution in [3.8, 4) is 0 Å². The van der Waals surface area contributed by atoms with Crippen molar-refractivity contribution >= 4 is 6.09 Å². The van der Waals surface area contributed by atoms with Crippen molar-refractivity contribution in [1.29, 1.82) is 0 Å². The number of carbonyl (C=O) groups is 1. The molecule has 16 heavy (non-hydrogen) atoms. The Bertz CT molecular complexity index is 268. The molecule has 1 aliphatic heterocycles. The summed E-state index contributed by atoms with van der Waals surface area (Å²) >= 11 is 0. The van der Waals surface area contributed by atoms with Crippen LogP contribution in [0.2, 0.25) is 0 Å². The number of nitrogens with zero attached hydrogens (tertiary/aromatic N) is 1. The van der Waals surface area contributed by atoms with E-state index in [9.17, 15) is 4.79 Å². The van der Waals surface area contributed by atoms with E-state index in [1.165, 1.54) is 0 Å². The normalized spacial score (nSPS) is 24.2. The van der Waals surface area contributed by atoms with E-state index >= 15 is 0 Å². The van der Waals surface area contributed by atoms with Crippen LogP contribution in [-0.4, -0.2) is 41.9 Å². The van der Waals surface area contributed by atoms with Gasteiger partial charge in [0.05, 0.1) is 18.2 Å². The summed E-state index contributed by atoms with van der Waals surface area (Å²) < 4.78 is 10.9. The van der Waals surface area contributed by atoms with E-state index in [0.717, 1.165) is 6.42 Å². The first-order valence-corrected chi connectivity index (χ1v) is 5.70. The number of carbonyl (C=O) groups excluding carboxylic acids is 1. The Kier molecular flexibility index (Phi) is 3.53. The van der Waals surface area contributed by atoms with Crippen LogP contribution in [0.5, 0.6) is 0 Å². The molecule has 0 radical (unpaired) electrons. The fraction of sp³-hybridized carbons (Fsp3) is 0.917. The molecular weight excluding hydrogens is 206 g/mol. The third-order valence-corrected chi connectivity index (χ3v) is 2.62. The number of hydrogen-bond acceptors (Lipinski definition) is 3. The van der Waals surface area contributed by atoms with Crippen LogP contribution < -0.4 is 0 Å². The molecule has 0 aliphatic carbocycles. The Balaban J connectivity index is 2.52. The standard InChI is InChI=1S/C12H23NO3/c1-11(2,3)16-10(14)13(6)9-7-12(4,5)15-8-9/h9H,7-8H2,1-6H3. The Hall–Kier alpha value is -0.770. The van der Waals surface area contributed by atoms with E-state index < -0.39 is 5.60 Å². The van der Waals surface area contributed by atoms with Gasteiger partial charge in [-0.2, -0.15) is 0 Å². The van der Waals surface area contributed by atoms with Crippen molar-refractivity contribution in [3.05, 3.63) is 0 Å². The van der Waals surface area contributed by atoms with Gasteiger partial charge in [-0.3, -0.25) is 0 Å². The molecule has 0 bridgehead atoms. The van der Waals surface area contributed by atoms with Crippen molar-refractivity contribution in [2.75, 3.05) is 13.7 Å². The second-order valence-electron chi connectivity index (χ2n) is 6.02. The highest BCUT2D eigenvalue weighted by Crippen LogP contribution is 2.27. The summed E-state index contributed by atoms with van der Waals surface area (Å²) in [5, 5.41) is 0. The molecule has 0 aromatic carbocycles. The van der Waals surface area contributed by atoms with Crippen LogP contribution in [0.1, 0.15) is 41.0 Å². The minimum atomic E-state index is -0.444. The summed E-state index contributed by atoms with van der Waals surface area (Å²) in [6.07, 6.45) is 0.571. The van der Waals surface area contributed by atoms with Crippen molar-refractivity contribution in [1.82, 2.24) is 4.90 Å². The first kappa shape index (κ1) is 13.3. The van der Waals surface area contributed by atoms with Gasteiger partial charge in [0.2, 0.25) is 0 Å². The summed E-state index contributed by atoms with van der Waals surface area (Å²) in [6.45, 7) is 10.3. The molecule has 0 saturated carbocycles. The van der Waals surface area contributed by atoms with Gasteiger partial charge < -0.3 is 14.4 Å². The van der Waals surface area contributed by atoms with Crippen molar-refractivity contribution in [2.45, 2.75) is 58.3 Å². The minimum Gasteiger partial charge on any atom is -0.444 e. The Morgan fingerprint density at radius 2 is 2.00 bits per heavy atom. The number of hydrogen-bond donors (Lipinski definition) is 0. The van der Waals surface area contributed by atoms with Crippen LogP contribution in [0.15, 0.2) is 0 Å². The molecule has 0 N–H and O–H groups in total. The Morgan fingerprint density at radius 1 is 1.44 bits per heavy atom. The maximum atomic E-state index is 11.8. The summed E-state index contributed by atoms with van der Waals surface area (Å²) in [5.74, 6) is 0. The summed E-state index contributed by atoms with van der Waals surface area (Å²) in [6, 6.07) is 0.116. The highest BCUT2D eigenvalue weighted by Gasteiger charge is 2.36. The van der Waals surface area contributed by atoms with Crippen LogP contribution in [0.25, 0.3) is 0 Å². The van der Waals surface area contributed by atoms with E-state index in [0.29, 0.717) is 6.61 Å². The second-order valence-corrected chi connectivity index (χ2v) is 6.02. The maximum Gasteiger partial charge on any atom is 0.410 e. The zero-order valence-corrected chi connectivity index (χ0v) is 11.2. The van der Waals surface area contributed by atoms with Crippen molar-refractivity contribution in [2.24, 2.45) is 0 Å². The predicted molar refractivity (Wildman–Crippen MR) is 62.4 cm³/mol. The van der Waals surface area contributed by atoms with Crippen LogP contribution in [0.4, 0.5) is 4.79 Å². The highest BCUT2D eigenvalue weighted by atomic mass is 16.6. The smallest absolute Gasteiger partial charge is 0.410 e. The number of likely N-dealkylation sites (N-methyl/N-ethyl adjacent to an activating group) is 1. The first-order chi connectivity index (χ1) is 7.11. The van der Waals surface area contributed by atoms with Gasteiger partial charge in [0.25, 0.3) is 0 Å². The quantitative estimate of drug-likeness (QED) is 0.693. The highest BCUT2D eigenvalue weighted by molar-refractivity contribution is 5.68. The lowest BCUT2D eigenvalue weighted by Gasteiger charge is -2.28. The van der Waals surface area contributed by atoms with Gasteiger partial charge in [-0.05, 0) is 41.0 Å². The third kappa shape index (κ3) is 3.67. The molecular formula is C12H23NO3. The molecule has 94 valence electrons. The van der Waals surface area contributed by atoms with Gasteiger partial charge in [-0.1, -0.05) is 0 Å². The van der Waals surface area contributed by atoms with E-state index in [-0.39, 0.29) is 17.7 Å². The molecule has 0 aromatic heterocycles. The molecule has 1 atom stereocenters. The zero-order valence-electron chi connectivity index (χ0n) is 11.2. The molecule has 1 unspecified atom stereocenters. The van der Waals surface area contributed by atoms with Gasteiger partial charge >= 0.3 is 6.09 Å². The fourth-order valence-corrected chi connectivity index (χ4v) is 1.74.